The number of carbonyl (C=O) groups is 1. The van der Waals surface area contributed by atoms with Gasteiger partial charge in [-0.1, -0.05) is 29.8 Å². The monoisotopic (exact) mass is 286 g/mol. The van der Waals surface area contributed by atoms with Crippen LogP contribution >= 0.6 is 11.6 Å². The largest absolute Gasteiger partial charge is 0.478 e. The Bertz CT molecular complexity index is 671. The van der Waals surface area contributed by atoms with Crippen molar-refractivity contribution in [3.8, 4) is 11.1 Å². The quantitative estimate of drug-likeness (QED) is 0.901. The van der Waals surface area contributed by atoms with Crippen LogP contribution in [0, 0.1) is 17.5 Å². The van der Waals surface area contributed by atoms with Crippen molar-refractivity contribution >= 4 is 17.6 Å². The van der Waals surface area contributed by atoms with Crippen LogP contribution in [-0.2, 0) is 0 Å². The summed E-state index contributed by atoms with van der Waals surface area (Å²) in [6.07, 6.45) is 0. The van der Waals surface area contributed by atoms with Crippen LogP contribution in [0.1, 0.15) is 10.4 Å². The Hall–Kier alpha value is -2.01. The van der Waals surface area contributed by atoms with Crippen molar-refractivity contribution in [3.05, 3.63) is 58.4 Å². The summed E-state index contributed by atoms with van der Waals surface area (Å²) in [5, 5.41) is 8.30. The Kier molecular flexibility index (Phi) is 3.48. The van der Waals surface area contributed by atoms with E-state index in [9.17, 15) is 18.0 Å². The Morgan fingerprint density at radius 2 is 1.68 bits per heavy atom. The summed E-state index contributed by atoms with van der Waals surface area (Å²) < 4.78 is 40.6. The molecule has 0 bridgehead atoms. The molecule has 2 aromatic carbocycles. The van der Waals surface area contributed by atoms with Crippen LogP contribution in [0.25, 0.3) is 11.1 Å². The van der Waals surface area contributed by atoms with E-state index < -0.39 is 29.0 Å². The van der Waals surface area contributed by atoms with E-state index in [0.717, 1.165) is 18.2 Å². The van der Waals surface area contributed by atoms with Crippen LogP contribution in [-0.4, -0.2) is 11.1 Å². The second-order valence-electron chi connectivity index (χ2n) is 3.70. The molecule has 2 rings (SSSR count). The molecule has 2 nitrogen and oxygen atoms in total. The third-order valence-corrected chi connectivity index (χ3v) is 2.94. The lowest BCUT2D eigenvalue weighted by Gasteiger charge is -2.08. The van der Waals surface area contributed by atoms with Crippen LogP contribution in [0.4, 0.5) is 13.2 Å². The molecule has 0 aliphatic heterocycles. The molecule has 1 N–H and O–H groups in total. The van der Waals surface area contributed by atoms with Gasteiger partial charge in [-0.15, -0.1) is 0 Å². The van der Waals surface area contributed by atoms with E-state index >= 15 is 0 Å². The molecular formula is C13H6ClF3O2. The normalized spacial score (nSPS) is 10.5. The third kappa shape index (κ3) is 2.29. The zero-order valence-electron chi connectivity index (χ0n) is 9.25. The first-order chi connectivity index (χ1) is 8.93. The molecule has 0 amide bonds. The number of carboxylic acids is 1. The fraction of sp³-hybridized carbons (Fsp3) is 0. The smallest absolute Gasteiger partial charge is 0.338 e. The fourth-order valence-corrected chi connectivity index (χ4v) is 1.86. The molecule has 0 saturated heterocycles. The molecule has 0 unspecified atom stereocenters. The lowest BCUT2D eigenvalue weighted by Crippen LogP contribution is -2.04. The average molecular weight is 287 g/mol. The maximum absolute atomic E-state index is 13.8. The van der Waals surface area contributed by atoms with Gasteiger partial charge in [-0.25, -0.2) is 18.0 Å². The molecule has 0 fully saturated rings. The topological polar surface area (TPSA) is 37.3 Å². The fourth-order valence-electron chi connectivity index (χ4n) is 1.63. The second-order valence-corrected chi connectivity index (χ2v) is 4.07. The highest BCUT2D eigenvalue weighted by Gasteiger charge is 2.20. The van der Waals surface area contributed by atoms with Gasteiger partial charge in [0.1, 0.15) is 5.82 Å². The first-order valence-electron chi connectivity index (χ1n) is 5.09. The van der Waals surface area contributed by atoms with Gasteiger partial charge < -0.3 is 5.11 Å². The van der Waals surface area contributed by atoms with E-state index in [1.165, 1.54) is 12.1 Å². The molecule has 0 atom stereocenters. The maximum Gasteiger partial charge on any atom is 0.338 e. The molecule has 0 saturated carbocycles. The lowest BCUT2D eigenvalue weighted by molar-refractivity contribution is 0.0690. The molecular weight excluding hydrogens is 281 g/mol. The SMILES string of the molecule is O=C(O)c1ccc(-c2cccc(F)c2Cl)c(F)c1F. The highest BCUT2D eigenvalue weighted by atomic mass is 35.5. The highest BCUT2D eigenvalue weighted by molar-refractivity contribution is 6.33. The zero-order chi connectivity index (χ0) is 14.2. The Morgan fingerprint density at radius 1 is 1.00 bits per heavy atom. The molecule has 0 aliphatic carbocycles. The van der Waals surface area contributed by atoms with Gasteiger partial charge in [-0.05, 0) is 12.1 Å². The van der Waals surface area contributed by atoms with Gasteiger partial charge in [0.2, 0.25) is 0 Å². The Morgan fingerprint density at radius 3 is 2.32 bits per heavy atom. The summed E-state index contributed by atoms with van der Waals surface area (Å²) in [7, 11) is 0. The van der Waals surface area contributed by atoms with Gasteiger partial charge in [0.25, 0.3) is 0 Å². The summed E-state index contributed by atoms with van der Waals surface area (Å²) in [5.74, 6) is -5.26. The number of hydrogen-bond acceptors (Lipinski definition) is 1. The molecule has 2 aromatic rings. The van der Waals surface area contributed by atoms with Crippen LogP contribution in [0.2, 0.25) is 5.02 Å². The highest BCUT2D eigenvalue weighted by Crippen LogP contribution is 2.33. The number of halogens is 4. The summed E-state index contributed by atoms with van der Waals surface area (Å²) in [4.78, 5) is 10.7. The van der Waals surface area contributed by atoms with Crippen LogP contribution in [0.15, 0.2) is 30.3 Å². The molecule has 19 heavy (non-hydrogen) atoms. The summed E-state index contributed by atoms with van der Waals surface area (Å²) in [5.41, 5.74) is -1.14. The predicted octanol–water partition coefficient (Wildman–Crippen LogP) is 4.12. The van der Waals surface area contributed by atoms with Crippen LogP contribution in [0.5, 0.6) is 0 Å². The molecule has 6 heteroatoms. The Labute approximate surface area is 111 Å². The summed E-state index contributed by atoms with van der Waals surface area (Å²) >= 11 is 5.67. The number of carboxylic acid groups (broad SMARTS) is 1. The van der Waals surface area contributed by atoms with Gasteiger partial charge in [0.05, 0.1) is 10.6 Å². The molecule has 0 spiro atoms. The minimum atomic E-state index is -1.59. The minimum Gasteiger partial charge on any atom is -0.478 e. The number of rotatable bonds is 2. The van der Waals surface area contributed by atoms with Crippen LogP contribution in [0.3, 0.4) is 0 Å². The number of hydrogen-bond donors (Lipinski definition) is 1. The van der Waals surface area contributed by atoms with Gasteiger partial charge in [0, 0.05) is 11.1 Å². The lowest BCUT2D eigenvalue weighted by atomic mass is 10.0. The van der Waals surface area contributed by atoms with E-state index in [-0.39, 0.29) is 16.1 Å². The second kappa shape index (κ2) is 4.93. The van der Waals surface area contributed by atoms with Crippen molar-refractivity contribution in [1.29, 1.82) is 0 Å². The maximum atomic E-state index is 13.8. The number of benzene rings is 2. The third-order valence-electron chi connectivity index (χ3n) is 2.55. The van der Waals surface area contributed by atoms with Crippen molar-refractivity contribution in [2.24, 2.45) is 0 Å². The summed E-state index contributed by atoms with van der Waals surface area (Å²) in [6.45, 7) is 0. The van der Waals surface area contributed by atoms with Gasteiger partial charge in [-0.3, -0.25) is 0 Å². The van der Waals surface area contributed by atoms with E-state index in [1.807, 2.05) is 0 Å². The number of aromatic carboxylic acids is 1. The standard InChI is InChI=1S/C13H6ClF3O2/c14-10-6(2-1-3-9(10)15)7-4-5-8(13(18)19)12(17)11(7)16/h1-5H,(H,18,19). The molecule has 98 valence electrons. The van der Waals surface area contributed by atoms with Crippen molar-refractivity contribution in [1.82, 2.24) is 0 Å². The van der Waals surface area contributed by atoms with Crippen molar-refractivity contribution < 1.29 is 23.1 Å². The van der Waals surface area contributed by atoms with Crippen molar-refractivity contribution in [2.75, 3.05) is 0 Å². The Balaban J connectivity index is 2.68. The van der Waals surface area contributed by atoms with Crippen molar-refractivity contribution in [3.63, 3.8) is 0 Å². The van der Waals surface area contributed by atoms with E-state index in [4.69, 9.17) is 16.7 Å². The first kappa shape index (κ1) is 13.4. The average Bonchev–Trinajstić information content (AvgIpc) is 2.36. The van der Waals surface area contributed by atoms with Gasteiger partial charge in [0.15, 0.2) is 11.6 Å². The zero-order valence-corrected chi connectivity index (χ0v) is 10.0. The predicted molar refractivity (Wildman–Crippen MR) is 63.7 cm³/mol. The molecule has 0 heterocycles. The summed E-state index contributed by atoms with van der Waals surface area (Å²) in [6, 6.07) is 5.62. The molecule has 0 aromatic heterocycles. The van der Waals surface area contributed by atoms with Gasteiger partial charge >= 0.3 is 5.97 Å². The van der Waals surface area contributed by atoms with E-state index in [2.05, 4.69) is 0 Å². The minimum absolute atomic E-state index is 0.0463. The van der Waals surface area contributed by atoms with E-state index in [1.54, 1.807) is 0 Å². The van der Waals surface area contributed by atoms with Crippen molar-refractivity contribution in [2.45, 2.75) is 0 Å². The molecule has 0 radical (unpaired) electrons. The first-order valence-corrected chi connectivity index (χ1v) is 5.47. The molecule has 0 aliphatic rings. The van der Waals surface area contributed by atoms with Gasteiger partial charge in [-0.2, -0.15) is 0 Å². The van der Waals surface area contributed by atoms with E-state index in [0.29, 0.717) is 0 Å². The van der Waals surface area contributed by atoms with Crippen LogP contribution < -0.4 is 0 Å².